The zero-order chi connectivity index (χ0) is 16.0. The predicted molar refractivity (Wildman–Crippen MR) is 92.1 cm³/mol. The fourth-order valence-corrected chi connectivity index (χ4v) is 2.47. The molecule has 0 aromatic heterocycles. The van der Waals surface area contributed by atoms with Crippen LogP contribution in [-0.2, 0) is 4.74 Å². The molecule has 1 aromatic rings. The van der Waals surface area contributed by atoms with Gasteiger partial charge in [-0.25, -0.2) is 4.79 Å². The first-order valence-electron chi connectivity index (χ1n) is 6.57. The van der Waals surface area contributed by atoms with Gasteiger partial charge in [-0.05, 0) is 37.1 Å². The first kappa shape index (κ1) is 17.5. The highest BCUT2D eigenvalue weighted by molar-refractivity contribution is 14.1. The van der Waals surface area contributed by atoms with Gasteiger partial charge in [-0.3, -0.25) is 10.1 Å². The number of anilines is 1. The molecule has 1 N–H and O–H groups in total. The highest BCUT2D eigenvalue weighted by Gasteiger charge is 2.14. The van der Waals surface area contributed by atoms with Crippen LogP contribution < -0.4 is 5.32 Å². The minimum Gasteiger partial charge on any atom is -0.432 e. The highest BCUT2D eigenvalue weighted by Crippen LogP contribution is 2.21. The zero-order valence-corrected chi connectivity index (χ0v) is 14.5. The predicted octanol–water partition coefficient (Wildman–Crippen LogP) is 3.88. The summed E-state index contributed by atoms with van der Waals surface area (Å²) < 4.78 is 5.60. The Morgan fingerprint density at radius 2 is 1.95 bits per heavy atom. The number of benzene rings is 1. The molecule has 1 amide bonds. The molecule has 1 rings (SSSR count). The Morgan fingerprint density at radius 3 is 2.38 bits per heavy atom. The Labute approximate surface area is 138 Å². The molecule has 0 aliphatic carbocycles. The second-order valence-electron chi connectivity index (χ2n) is 4.60. The van der Waals surface area contributed by atoms with E-state index in [2.05, 4.69) is 33.8 Å². The van der Waals surface area contributed by atoms with E-state index in [1.54, 1.807) is 12.1 Å². The maximum absolute atomic E-state index is 11.9. The zero-order valence-electron chi connectivity index (χ0n) is 12.3. The summed E-state index contributed by atoms with van der Waals surface area (Å²) in [6.07, 6.45) is 4.56. The number of ether oxygens (including phenoxy) is 1. The number of terminal acetylenes is 1. The number of nitrogens with one attached hydrogen (secondary N) is 1. The maximum atomic E-state index is 11.9. The van der Waals surface area contributed by atoms with Crippen LogP contribution in [-0.4, -0.2) is 22.4 Å². The Hall–Kier alpha value is -1.55. The van der Waals surface area contributed by atoms with E-state index in [0.29, 0.717) is 22.1 Å². The fraction of sp³-hybridized carbons (Fsp3) is 0.375. The molecule has 0 aliphatic rings. The van der Waals surface area contributed by atoms with Gasteiger partial charge >= 0.3 is 6.09 Å². The Bertz CT molecular complexity index is 567. The summed E-state index contributed by atoms with van der Waals surface area (Å²) in [5, 5.41) is 2.64. The summed E-state index contributed by atoms with van der Waals surface area (Å²) >= 11 is 2.06. The average Bonchev–Trinajstić information content (AvgIpc) is 2.43. The van der Waals surface area contributed by atoms with Crippen molar-refractivity contribution in [2.24, 2.45) is 0 Å². The van der Waals surface area contributed by atoms with Crippen molar-refractivity contribution < 1.29 is 14.3 Å². The first-order chi connectivity index (χ1) is 9.92. The minimum absolute atomic E-state index is 0.0939. The number of carbonyl (C=O) groups is 2. The number of hydrogen-bond donors (Lipinski definition) is 1. The van der Waals surface area contributed by atoms with Crippen LogP contribution in [0.15, 0.2) is 12.1 Å². The molecule has 0 spiro atoms. The molecule has 1 unspecified atom stereocenters. The van der Waals surface area contributed by atoms with Crippen molar-refractivity contribution in [1.29, 1.82) is 0 Å². The van der Waals surface area contributed by atoms with E-state index < -0.39 is 12.2 Å². The minimum atomic E-state index is -0.594. The lowest BCUT2D eigenvalue weighted by molar-refractivity contribution is 0.0987. The summed E-state index contributed by atoms with van der Waals surface area (Å²) in [6, 6.07) is 3.51. The molecular formula is C16H18INO3. The number of halogens is 1. The van der Waals surface area contributed by atoms with Crippen LogP contribution in [0, 0.1) is 26.2 Å². The summed E-state index contributed by atoms with van der Waals surface area (Å²) in [5.41, 5.74) is 2.97. The van der Waals surface area contributed by atoms with Gasteiger partial charge in [0, 0.05) is 22.1 Å². The number of carbonyl (C=O) groups excluding carboxylic acids is 2. The number of amides is 1. The maximum Gasteiger partial charge on any atom is 0.412 e. The second kappa shape index (κ2) is 8.03. The molecule has 0 bridgehead atoms. The topological polar surface area (TPSA) is 55.4 Å². The molecule has 1 aromatic carbocycles. The lowest BCUT2D eigenvalue weighted by atomic mass is 9.97. The van der Waals surface area contributed by atoms with Gasteiger partial charge in [0.2, 0.25) is 0 Å². The van der Waals surface area contributed by atoms with Crippen molar-refractivity contribution in [1.82, 2.24) is 0 Å². The Morgan fingerprint density at radius 1 is 1.38 bits per heavy atom. The van der Waals surface area contributed by atoms with Crippen molar-refractivity contribution in [3.63, 3.8) is 0 Å². The van der Waals surface area contributed by atoms with Gasteiger partial charge < -0.3 is 4.74 Å². The number of Topliss-reactive ketones (excluding diaryl/α,β-unsaturated/α-hetero) is 1. The molecule has 0 saturated carbocycles. The van der Waals surface area contributed by atoms with Crippen LogP contribution in [0.25, 0.3) is 0 Å². The third kappa shape index (κ3) is 4.74. The van der Waals surface area contributed by atoms with Crippen LogP contribution in [0.5, 0.6) is 0 Å². The van der Waals surface area contributed by atoms with Gasteiger partial charge in [-0.2, -0.15) is 0 Å². The van der Waals surface area contributed by atoms with Crippen LogP contribution >= 0.6 is 22.6 Å². The van der Waals surface area contributed by atoms with Gasteiger partial charge in [0.15, 0.2) is 11.9 Å². The number of alkyl halides is 1. The monoisotopic (exact) mass is 399 g/mol. The molecule has 0 heterocycles. The van der Waals surface area contributed by atoms with Crippen molar-refractivity contribution in [3.8, 4) is 12.3 Å². The molecule has 4 nitrogen and oxygen atoms in total. The van der Waals surface area contributed by atoms with Gasteiger partial charge in [0.05, 0.1) is 0 Å². The van der Waals surface area contributed by atoms with Crippen molar-refractivity contribution in [3.05, 3.63) is 28.8 Å². The van der Waals surface area contributed by atoms with Crippen LogP contribution in [0.4, 0.5) is 10.5 Å². The van der Waals surface area contributed by atoms with E-state index >= 15 is 0 Å². The van der Waals surface area contributed by atoms with E-state index in [-0.39, 0.29) is 5.78 Å². The average molecular weight is 399 g/mol. The highest BCUT2D eigenvalue weighted by atomic mass is 127. The molecule has 21 heavy (non-hydrogen) atoms. The van der Waals surface area contributed by atoms with Crippen molar-refractivity contribution >= 4 is 40.2 Å². The van der Waals surface area contributed by atoms with Gasteiger partial charge in [-0.1, -0.05) is 35.4 Å². The molecule has 5 heteroatoms. The summed E-state index contributed by atoms with van der Waals surface area (Å²) in [4.78, 5) is 23.6. The SMILES string of the molecule is C#CC(CI)OC(=O)Nc1cc(C)c(C(=O)CC)c(C)c1. The fourth-order valence-electron chi connectivity index (χ4n) is 2.04. The Balaban J connectivity index is 2.90. The van der Waals surface area contributed by atoms with Gasteiger partial charge in [-0.15, -0.1) is 6.42 Å². The molecule has 1 atom stereocenters. The van der Waals surface area contributed by atoms with E-state index in [1.165, 1.54) is 0 Å². The lowest BCUT2D eigenvalue weighted by Gasteiger charge is -2.14. The Kier molecular flexibility index (Phi) is 6.69. The molecule has 0 radical (unpaired) electrons. The molecule has 0 fully saturated rings. The first-order valence-corrected chi connectivity index (χ1v) is 8.09. The third-order valence-electron chi connectivity index (χ3n) is 2.95. The molecular weight excluding hydrogens is 381 g/mol. The van der Waals surface area contributed by atoms with E-state index in [9.17, 15) is 9.59 Å². The largest absolute Gasteiger partial charge is 0.432 e. The molecule has 0 aliphatic heterocycles. The van der Waals surface area contributed by atoms with Crippen LogP contribution in [0.2, 0.25) is 0 Å². The number of rotatable bonds is 5. The quantitative estimate of drug-likeness (QED) is 0.354. The lowest BCUT2D eigenvalue weighted by Crippen LogP contribution is -2.22. The van der Waals surface area contributed by atoms with Crippen molar-refractivity contribution in [2.45, 2.75) is 33.3 Å². The molecule has 0 saturated heterocycles. The second-order valence-corrected chi connectivity index (χ2v) is 5.48. The van der Waals surface area contributed by atoms with E-state index in [0.717, 1.165) is 11.1 Å². The van der Waals surface area contributed by atoms with Crippen LogP contribution in [0.1, 0.15) is 34.8 Å². The number of aryl methyl sites for hydroxylation is 2. The standard InChI is InChI=1S/C16H18INO3/c1-5-13(9-17)21-16(20)18-12-7-10(3)15(11(4)8-12)14(19)6-2/h1,7-8,13H,6,9H2,2-4H3,(H,18,20). The molecule has 112 valence electrons. The summed E-state index contributed by atoms with van der Waals surface area (Å²) in [6.45, 7) is 5.53. The van der Waals surface area contributed by atoms with E-state index in [4.69, 9.17) is 11.2 Å². The number of hydrogen-bond acceptors (Lipinski definition) is 3. The normalized spacial score (nSPS) is 11.4. The van der Waals surface area contributed by atoms with Gasteiger partial charge in [0.25, 0.3) is 0 Å². The summed E-state index contributed by atoms with van der Waals surface area (Å²) in [7, 11) is 0. The van der Waals surface area contributed by atoms with Gasteiger partial charge in [0.1, 0.15) is 0 Å². The summed E-state index contributed by atoms with van der Waals surface area (Å²) in [5.74, 6) is 2.48. The third-order valence-corrected chi connectivity index (χ3v) is 3.75. The smallest absolute Gasteiger partial charge is 0.412 e. The van der Waals surface area contributed by atoms with Crippen LogP contribution in [0.3, 0.4) is 0 Å². The van der Waals surface area contributed by atoms with E-state index in [1.807, 2.05) is 20.8 Å². The number of ketones is 1. The van der Waals surface area contributed by atoms with Crippen molar-refractivity contribution in [2.75, 3.05) is 9.74 Å².